The number of urea groups is 1. The van der Waals surface area contributed by atoms with Gasteiger partial charge in [0.15, 0.2) is 0 Å². The molecule has 2 N–H and O–H groups in total. The lowest BCUT2D eigenvalue weighted by Gasteiger charge is -2.44. The molecule has 8 heteroatoms. The zero-order chi connectivity index (χ0) is 18.7. The normalized spacial score (nSPS) is 25.8. The van der Waals surface area contributed by atoms with Crippen LogP contribution in [0.3, 0.4) is 0 Å². The molecule has 8 nitrogen and oxygen atoms in total. The molecule has 1 saturated carbocycles. The molecule has 1 aliphatic heterocycles. The molecule has 0 bridgehead atoms. The summed E-state index contributed by atoms with van der Waals surface area (Å²) < 4.78 is 1.78. The van der Waals surface area contributed by atoms with Crippen LogP contribution < -0.4 is 5.32 Å². The Bertz CT molecular complexity index is 641. The first kappa shape index (κ1) is 18.7. The van der Waals surface area contributed by atoms with Gasteiger partial charge in [0, 0.05) is 37.4 Å². The maximum absolute atomic E-state index is 12.8. The van der Waals surface area contributed by atoms with Crippen LogP contribution in [0, 0.1) is 0 Å². The van der Waals surface area contributed by atoms with Gasteiger partial charge in [0.25, 0.3) is 0 Å². The first-order valence-electron chi connectivity index (χ1n) is 9.49. The van der Waals surface area contributed by atoms with Crippen LogP contribution in [0.5, 0.6) is 0 Å². The van der Waals surface area contributed by atoms with E-state index >= 15 is 0 Å². The highest BCUT2D eigenvalue weighted by Crippen LogP contribution is 2.31. The van der Waals surface area contributed by atoms with Gasteiger partial charge in [0.2, 0.25) is 0 Å². The van der Waals surface area contributed by atoms with Gasteiger partial charge >= 0.3 is 12.0 Å². The average molecular weight is 363 g/mol. The smallest absolute Gasteiger partial charge is 0.318 e. The van der Waals surface area contributed by atoms with Gasteiger partial charge in [-0.15, -0.1) is 0 Å². The largest absolute Gasteiger partial charge is 0.480 e. The maximum Gasteiger partial charge on any atom is 0.318 e. The fraction of sp³-hybridized carbons (Fsp3) is 0.722. The SMILES string of the molecule is CCN(CC(=O)O)C1CC(NC(=O)N2CCCCC2c2cnn(C)c2)C1. The van der Waals surface area contributed by atoms with Crippen molar-refractivity contribution in [3.05, 3.63) is 18.0 Å². The minimum atomic E-state index is -0.799. The molecule has 0 radical (unpaired) electrons. The van der Waals surface area contributed by atoms with E-state index in [2.05, 4.69) is 10.4 Å². The standard InChI is InChI=1S/C18H29N5O3/c1-3-22(12-17(24)25)15-8-14(9-15)20-18(26)23-7-5-4-6-16(23)13-10-19-21(2)11-13/h10-11,14-16H,3-9,12H2,1-2H3,(H,20,26)(H,24,25). The number of amides is 2. The fourth-order valence-electron chi connectivity index (χ4n) is 4.07. The Morgan fingerprint density at radius 3 is 2.77 bits per heavy atom. The molecule has 1 aromatic rings. The summed E-state index contributed by atoms with van der Waals surface area (Å²) in [6.45, 7) is 3.52. The number of rotatable bonds is 6. The molecule has 0 spiro atoms. The zero-order valence-electron chi connectivity index (χ0n) is 15.6. The topological polar surface area (TPSA) is 90.7 Å². The average Bonchev–Trinajstić information content (AvgIpc) is 3.02. The van der Waals surface area contributed by atoms with Crippen LogP contribution in [0.4, 0.5) is 4.79 Å². The number of piperidine rings is 1. The van der Waals surface area contributed by atoms with E-state index in [1.807, 2.05) is 36.2 Å². The first-order valence-corrected chi connectivity index (χ1v) is 9.49. The molecular weight excluding hydrogens is 334 g/mol. The van der Waals surface area contributed by atoms with E-state index in [1.54, 1.807) is 4.68 Å². The van der Waals surface area contributed by atoms with Crippen molar-refractivity contribution < 1.29 is 14.7 Å². The molecule has 1 aromatic heterocycles. The van der Waals surface area contributed by atoms with Crippen molar-refractivity contribution in [1.29, 1.82) is 0 Å². The van der Waals surface area contributed by atoms with Crippen LogP contribution in [-0.2, 0) is 11.8 Å². The number of carbonyl (C=O) groups excluding carboxylic acids is 1. The van der Waals surface area contributed by atoms with Crippen LogP contribution in [0.15, 0.2) is 12.4 Å². The van der Waals surface area contributed by atoms with Gasteiger partial charge in [-0.1, -0.05) is 6.92 Å². The third kappa shape index (κ3) is 4.17. The van der Waals surface area contributed by atoms with E-state index in [4.69, 9.17) is 5.11 Å². The van der Waals surface area contributed by atoms with Crippen molar-refractivity contribution in [1.82, 2.24) is 24.9 Å². The highest BCUT2D eigenvalue weighted by Gasteiger charge is 2.37. The Labute approximate surface area is 154 Å². The van der Waals surface area contributed by atoms with Crippen molar-refractivity contribution in [2.45, 2.75) is 57.2 Å². The van der Waals surface area contributed by atoms with Crippen LogP contribution in [-0.4, -0.2) is 68.4 Å². The molecule has 144 valence electrons. The molecule has 2 fully saturated rings. The molecule has 2 heterocycles. The second-order valence-corrected chi connectivity index (χ2v) is 7.38. The van der Waals surface area contributed by atoms with Crippen molar-refractivity contribution in [3.8, 4) is 0 Å². The van der Waals surface area contributed by atoms with Gasteiger partial charge in [-0.05, 0) is 38.6 Å². The number of nitrogens with one attached hydrogen (secondary N) is 1. The third-order valence-corrected chi connectivity index (χ3v) is 5.58. The summed E-state index contributed by atoms with van der Waals surface area (Å²) in [7, 11) is 1.89. The predicted octanol–water partition coefficient (Wildman–Crippen LogP) is 1.59. The van der Waals surface area contributed by atoms with Crippen LogP contribution >= 0.6 is 0 Å². The van der Waals surface area contributed by atoms with Crippen LogP contribution in [0.2, 0.25) is 0 Å². The molecule has 2 aliphatic rings. The lowest BCUT2D eigenvalue weighted by atomic mass is 9.85. The van der Waals surface area contributed by atoms with E-state index in [9.17, 15) is 9.59 Å². The van der Waals surface area contributed by atoms with Crippen molar-refractivity contribution in [2.75, 3.05) is 19.6 Å². The van der Waals surface area contributed by atoms with Crippen molar-refractivity contribution in [2.24, 2.45) is 7.05 Å². The number of carboxylic acids is 1. The molecule has 1 unspecified atom stereocenters. The summed E-state index contributed by atoms with van der Waals surface area (Å²) in [5.41, 5.74) is 1.09. The number of likely N-dealkylation sites (tertiary alicyclic amines) is 1. The first-order chi connectivity index (χ1) is 12.5. The lowest BCUT2D eigenvalue weighted by molar-refractivity contribution is -0.139. The number of aryl methyl sites for hydroxylation is 1. The van der Waals surface area contributed by atoms with Gasteiger partial charge in [0.05, 0.1) is 18.8 Å². The van der Waals surface area contributed by atoms with E-state index in [0.29, 0.717) is 6.54 Å². The van der Waals surface area contributed by atoms with Gasteiger partial charge in [-0.25, -0.2) is 4.79 Å². The number of carbonyl (C=O) groups is 2. The van der Waals surface area contributed by atoms with E-state index in [0.717, 1.165) is 44.2 Å². The summed E-state index contributed by atoms with van der Waals surface area (Å²) in [6, 6.07) is 0.458. The minimum Gasteiger partial charge on any atom is -0.480 e. The quantitative estimate of drug-likeness (QED) is 0.801. The minimum absolute atomic E-state index is 0.0108. The summed E-state index contributed by atoms with van der Waals surface area (Å²) in [5.74, 6) is -0.799. The molecule has 2 amide bonds. The second-order valence-electron chi connectivity index (χ2n) is 7.38. The van der Waals surface area contributed by atoms with Crippen molar-refractivity contribution >= 4 is 12.0 Å². The van der Waals surface area contributed by atoms with Crippen LogP contribution in [0.25, 0.3) is 0 Å². The van der Waals surface area contributed by atoms with E-state index < -0.39 is 5.97 Å². The number of hydrogen-bond donors (Lipinski definition) is 2. The Kier molecular flexibility index (Phi) is 5.80. The molecule has 1 aliphatic carbocycles. The monoisotopic (exact) mass is 363 g/mol. The number of hydrogen-bond acceptors (Lipinski definition) is 4. The van der Waals surface area contributed by atoms with Gasteiger partial charge < -0.3 is 15.3 Å². The fourth-order valence-corrected chi connectivity index (χ4v) is 4.07. The van der Waals surface area contributed by atoms with Crippen LogP contribution in [0.1, 0.15) is 50.6 Å². The van der Waals surface area contributed by atoms with Gasteiger partial charge in [-0.2, -0.15) is 5.10 Å². The Balaban J connectivity index is 1.54. The molecule has 1 atom stereocenters. The Morgan fingerprint density at radius 2 is 2.15 bits per heavy atom. The number of aliphatic carboxylic acids is 1. The number of likely N-dealkylation sites (N-methyl/N-ethyl adjacent to an activating group) is 1. The number of nitrogens with zero attached hydrogens (tertiary/aromatic N) is 4. The summed E-state index contributed by atoms with van der Waals surface area (Å²) in [6.07, 6.45) is 8.58. The summed E-state index contributed by atoms with van der Waals surface area (Å²) in [4.78, 5) is 27.6. The highest BCUT2D eigenvalue weighted by atomic mass is 16.4. The molecule has 1 saturated heterocycles. The molecule has 3 rings (SSSR count). The third-order valence-electron chi connectivity index (χ3n) is 5.58. The number of aromatic nitrogens is 2. The highest BCUT2D eigenvalue weighted by molar-refractivity contribution is 5.75. The van der Waals surface area contributed by atoms with Gasteiger partial charge in [0.1, 0.15) is 0 Å². The summed E-state index contributed by atoms with van der Waals surface area (Å²) >= 11 is 0. The molecular formula is C18H29N5O3. The van der Waals surface area contributed by atoms with Crippen molar-refractivity contribution in [3.63, 3.8) is 0 Å². The van der Waals surface area contributed by atoms with Gasteiger partial charge in [-0.3, -0.25) is 14.4 Å². The zero-order valence-corrected chi connectivity index (χ0v) is 15.6. The summed E-state index contributed by atoms with van der Waals surface area (Å²) in [5, 5.41) is 16.4. The molecule has 26 heavy (non-hydrogen) atoms. The van der Waals surface area contributed by atoms with E-state index in [-0.39, 0.29) is 30.7 Å². The Hall–Kier alpha value is -2.09. The lowest BCUT2D eigenvalue weighted by Crippen LogP contribution is -2.57. The second kappa shape index (κ2) is 8.07. The maximum atomic E-state index is 12.8. The number of carboxylic acid groups (broad SMARTS) is 1. The van der Waals surface area contributed by atoms with E-state index in [1.165, 1.54) is 0 Å². The Morgan fingerprint density at radius 1 is 1.38 bits per heavy atom. The molecule has 0 aromatic carbocycles. The predicted molar refractivity (Wildman–Crippen MR) is 96.7 cm³/mol.